The van der Waals surface area contributed by atoms with Crippen LogP contribution in [0, 0.1) is 0 Å². The third kappa shape index (κ3) is 16.5. The molecule has 0 rings (SSSR count). The van der Waals surface area contributed by atoms with Gasteiger partial charge in [-0.05, 0) is 19.8 Å². The quantitative estimate of drug-likeness (QED) is 0.286. The Balaban J connectivity index is 3.87. The summed E-state index contributed by atoms with van der Waals surface area (Å²) in [6.07, 6.45) is 6.79. The van der Waals surface area contributed by atoms with Crippen molar-refractivity contribution >= 4 is 17.8 Å². The summed E-state index contributed by atoms with van der Waals surface area (Å²) >= 11 is 0. The lowest BCUT2D eigenvalue weighted by Gasteiger charge is -2.14. The number of hydrogen-bond acceptors (Lipinski definition) is 5. The first kappa shape index (κ1) is 26.3. The first-order valence-corrected chi connectivity index (χ1v) is 10.5. The van der Waals surface area contributed by atoms with Gasteiger partial charge in [-0.2, -0.15) is 0 Å². The van der Waals surface area contributed by atoms with Gasteiger partial charge in [0.05, 0.1) is 19.8 Å². The average molecular weight is 403 g/mol. The third-order valence-corrected chi connectivity index (χ3v) is 4.20. The molecular weight excluding hydrogens is 364 g/mol. The Hall–Kier alpha value is -1.67. The van der Waals surface area contributed by atoms with Crippen LogP contribution in [0.2, 0.25) is 0 Å². The van der Waals surface area contributed by atoms with Gasteiger partial charge in [-0.3, -0.25) is 9.59 Å². The van der Waals surface area contributed by atoms with Gasteiger partial charge in [0.25, 0.3) is 0 Å². The molecule has 28 heavy (non-hydrogen) atoms. The molecule has 1 atom stereocenters. The Morgan fingerprint density at radius 3 is 2.21 bits per heavy atom. The largest absolute Gasteiger partial charge is 0.480 e. The van der Waals surface area contributed by atoms with Crippen LogP contribution in [0.25, 0.3) is 0 Å². The monoisotopic (exact) mass is 402 g/mol. The molecule has 0 spiro atoms. The van der Waals surface area contributed by atoms with E-state index >= 15 is 0 Å². The van der Waals surface area contributed by atoms with Gasteiger partial charge in [0.2, 0.25) is 11.8 Å². The number of hydrogen-bond donors (Lipinski definition) is 3. The summed E-state index contributed by atoms with van der Waals surface area (Å²) in [5.74, 6) is -1.65. The second-order valence-corrected chi connectivity index (χ2v) is 6.67. The minimum atomic E-state index is -1.12. The molecule has 0 aliphatic rings. The molecule has 0 fully saturated rings. The van der Waals surface area contributed by atoms with Crippen LogP contribution in [0.15, 0.2) is 0 Å². The Morgan fingerprint density at radius 2 is 1.54 bits per heavy atom. The highest BCUT2D eigenvalue weighted by Crippen LogP contribution is 2.07. The minimum Gasteiger partial charge on any atom is -0.480 e. The van der Waals surface area contributed by atoms with E-state index in [0.717, 1.165) is 19.3 Å². The first-order chi connectivity index (χ1) is 13.5. The summed E-state index contributed by atoms with van der Waals surface area (Å²) in [5, 5.41) is 14.4. The minimum absolute atomic E-state index is 0.0349. The van der Waals surface area contributed by atoms with Gasteiger partial charge in [-0.1, -0.05) is 39.0 Å². The molecule has 164 valence electrons. The molecule has 0 aromatic heterocycles. The molecule has 0 aromatic rings. The van der Waals surface area contributed by atoms with E-state index in [1.54, 1.807) is 0 Å². The average Bonchev–Trinajstić information content (AvgIpc) is 2.66. The number of unbranched alkanes of at least 4 members (excludes halogenated alkanes) is 5. The molecule has 3 N–H and O–H groups in total. The lowest BCUT2D eigenvalue weighted by molar-refractivity contribution is -0.142. The zero-order valence-corrected chi connectivity index (χ0v) is 17.5. The van der Waals surface area contributed by atoms with Crippen molar-refractivity contribution in [2.45, 2.75) is 77.7 Å². The molecule has 0 saturated heterocycles. The van der Waals surface area contributed by atoms with Crippen molar-refractivity contribution in [3.8, 4) is 0 Å². The van der Waals surface area contributed by atoms with Gasteiger partial charge in [0, 0.05) is 26.0 Å². The fourth-order valence-corrected chi connectivity index (χ4v) is 2.58. The van der Waals surface area contributed by atoms with Gasteiger partial charge in [0.15, 0.2) is 0 Å². The van der Waals surface area contributed by atoms with Crippen molar-refractivity contribution in [3.63, 3.8) is 0 Å². The highest BCUT2D eigenvalue weighted by Gasteiger charge is 2.20. The molecule has 0 bridgehead atoms. The van der Waals surface area contributed by atoms with E-state index in [1.807, 2.05) is 6.92 Å². The zero-order valence-electron chi connectivity index (χ0n) is 17.5. The number of carboxylic acid groups (broad SMARTS) is 1. The fraction of sp³-hybridized carbons (Fsp3) is 0.850. The second kappa shape index (κ2) is 18.7. The van der Waals surface area contributed by atoms with E-state index in [2.05, 4.69) is 17.6 Å². The van der Waals surface area contributed by atoms with Crippen molar-refractivity contribution in [3.05, 3.63) is 0 Å². The van der Waals surface area contributed by atoms with Crippen LogP contribution >= 0.6 is 0 Å². The standard InChI is InChI=1S/C20H38N2O6/c1-3-5-6-7-8-9-10-19(24)22-17(20(25)26)11-12-18(23)21-13-14-28-16-15-27-4-2/h17H,3-16H2,1-2H3,(H,21,23)(H,22,24)(H,25,26)/t17-/m0/s1. The van der Waals surface area contributed by atoms with E-state index in [1.165, 1.54) is 19.3 Å². The van der Waals surface area contributed by atoms with Crippen LogP contribution in [0.5, 0.6) is 0 Å². The molecule has 0 radical (unpaired) electrons. The van der Waals surface area contributed by atoms with Crippen molar-refractivity contribution in [2.75, 3.05) is 33.0 Å². The predicted octanol–water partition coefficient (Wildman–Crippen LogP) is 2.26. The zero-order chi connectivity index (χ0) is 21.0. The second-order valence-electron chi connectivity index (χ2n) is 6.67. The number of carbonyl (C=O) groups is 3. The maximum atomic E-state index is 11.9. The molecule has 0 aliphatic heterocycles. The molecule has 8 nitrogen and oxygen atoms in total. The van der Waals surface area contributed by atoms with Crippen molar-refractivity contribution in [1.82, 2.24) is 10.6 Å². The van der Waals surface area contributed by atoms with Crippen molar-refractivity contribution < 1.29 is 29.0 Å². The van der Waals surface area contributed by atoms with Crippen LogP contribution in [0.3, 0.4) is 0 Å². The molecule has 0 heterocycles. The normalized spacial score (nSPS) is 11.8. The number of carboxylic acids is 1. The Labute approximate surface area is 168 Å². The van der Waals surface area contributed by atoms with Gasteiger partial charge >= 0.3 is 5.97 Å². The molecule has 2 amide bonds. The summed E-state index contributed by atoms with van der Waals surface area (Å²) in [4.78, 5) is 35.0. The smallest absolute Gasteiger partial charge is 0.326 e. The number of amides is 2. The SMILES string of the molecule is CCCCCCCCC(=O)N[C@@H](CCC(=O)NCCOCCOCC)C(=O)O. The highest BCUT2D eigenvalue weighted by atomic mass is 16.5. The number of nitrogens with one attached hydrogen (secondary N) is 2. The first-order valence-electron chi connectivity index (χ1n) is 10.5. The van der Waals surface area contributed by atoms with E-state index in [0.29, 0.717) is 39.4 Å². The fourth-order valence-electron chi connectivity index (χ4n) is 2.58. The summed E-state index contributed by atoms with van der Waals surface area (Å²) in [7, 11) is 0. The van der Waals surface area contributed by atoms with Gasteiger partial charge in [-0.25, -0.2) is 4.79 Å². The van der Waals surface area contributed by atoms with Crippen LogP contribution < -0.4 is 10.6 Å². The summed E-state index contributed by atoms with van der Waals surface area (Å²) in [6.45, 7) is 6.40. The van der Waals surface area contributed by atoms with Crippen LogP contribution in [0.1, 0.15) is 71.6 Å². The maximum Gasteiger partial charge on any atom is 0.326 e. The van der Waals surface area contributed by atoms with E-state index < -0.39 is 12.0 Å². The molecule has 0 unspecified atom stereocenters. The Morgan fingerprint density at radius 1 is 0.857 bits per heavy atom. The maximum absolute atomic E-state index is 11.9. The summed E-state index contributed by atoms with van der Waals surface area (Å²) in [5.41, 5.74) is 0. The van der Waals surface area contributed by atoms with Crippen molar-refractivity contribution in [1.29, 1.82) is 0 Å². The lowest BCUT2D eigenvalue weighted by Crippen LogP contribution is -2.41. The van der Waals surface area contributed by atoms with Crippen LogP contribution in [-0.2, 0) is 23.9 Å². The molecule has 0 aromatic carbocycles. The summed E-state index contributed by atoms with van der Waals surface area (Å²) < 4.78 is 10.4. The number of carbonyl (C=O) groups excluding carboxylic acids is 2. The van der Waals surface area contributed by atoms with Crippen LogP contribution in [0.4, 0.5) is 0 Å². The van der Waals surface area contributed by atoms with Crippen LogP contribution in [-0.4, -0.2) is 61.9 Å². The predicted molar refractivity (Wildman–Crippen MR) is 107 cm³/mol. The van der Waals surface area contributed by atoms with Gasteiger partial charge in [-0.15, -0.1) is 0 Å². The number of ether oxygens (including phenoxy) is 2. The molecule has 0 saturated carbocycles. The van der Waals surface area contributed by atoms with E-state index in [4.69, 9.17) is 9.47 Å². The Kier molecular flexibility index (Phi) is 17.6. The molecular formula is C20H38N2O6. The van der Waals surface area contributed by atoms with Crippen molar-refractivity contribution in [2.24, 2.45) is 0 Å². The molecule has 8 heteroatoms. The highest BCUT2D eigenvalue weighted by molar-refractivity contribution is 5.84. The number of rotatable bonds is 19. The summed E-state index contributed by atoms with van der Waals surface area (Å²) in [6, 6.07) is -1.04. The molecule has 0 aliphatic carbocycles. The third-order valence-electron chi connectivity index (χ3n) is 4.20. The van der Waals surface area contributed by atoms with E-state index in [-0.39, 0.29) is 24.7 Å². The van der Waals surface area contributed by atoms with Gasteiger partial charge < -0.3 is 25.2 Å². The van der Waals surface area contributed by atoms with Gasteiger partial charge in [0.1, 0.15) is 6.04 Å². The van der Waals surface area contributed by atoms with E-state index in [9.17, 15) is 19.5 Å². The lowest BCUT2D eigenvalue weighted by atomic mass is 10.1. The topological polar surface area (TPSA) is 114 Å². The Bertz CT molecular complexity index is 431. The number of aliphatic carboxylic acids is 1.